The second-order valence-corrected chi connectivity index (χ2v) is 5.89. The molecule has 1 aromatic carbocycles. The van der Waals surface area contributed by atoms with E-state index >= 15 is 0 Å². The van der Waals surface area contributed by atoms with Gasteiger partial charge in [-0.3, -0.25) is 9.59 Å². The summed E-state index contributed by atoms with van der Waals surface area (Å²) in [6, 6.07) is 5.00. The predicted molar refractivity (Wildman–Crippen MR) is 78.6 cm³/mol. The molecule has 2 aliphatic rings. The number of amides is 2. The molecule has 6 heteroatoms. The molecule has 2 fully saturated rings. The van der Waals surface area contributed by atoms with Gasteiger partial charge in [-0.25, -0.2) is 4.90 Å². The average Bonchev–Trinajstić information content (AvgIpc) is 2.78. The molecular weight excluding hydrogens is 292 g/mol. The zero-order chi connectivity index (χ0) is 15.0. The first-order valence-corrected chi connectivity index (χ1v) is 7.51. The van der Waals surface area contributed by atoms with Crippen LogP contribution in [0.15, 0.2) is 18.2 Å². The monoisotopic (exact) mass is 309 g/mol. The van der Waals surface area contributed by atoms with E-state index in [4.69, 9.17) is 16.3 Å². The van der Waals surface area contributed by atoms with Crippen molar-refractivity contribution >= 4 is 29.1 Å². The number of carbonyl (C=O) groups excluding carboxylic acids is 2. The minimum atomic E-state index is -0.292. The fourth-order valence-electron chi connectivity index (χ4n) is 3.02. The summed E-state index contributed by atoms with van der Waals surface area (Å²) in [6.45, 7) is 4.65. The van der Waals surface area contributed by atoms with Crippen LogP contribution < -0.4 is 9.80 Å². The predicted octanol–water partition coefficient (Wildman–Crippen LogP) is 0.195. The molecule has 2 amide bonds. The molecular formula is C15H18ClN2O3+. The van der Waals surface area contributed by atoms with E-state index in [1.54, 1.807) is 18.2 Å². The number of ether oxygens (including phenoxy) is 1. The van der Waals surface area contributed by atoms with Crippen LogP contribution in [0.2, 0.25) is 5.02 Å². The Hall–Kier alpha value is -1.43. The van der Waals surface area contributed by atoms with Crippen molar-refractivity contribution in [2.75, 3.05) is 31.2 Å². The van der Waals surface area contributed by atoms with Crippen molar-refractivity contribution in [1.29, 1.82) is 0 Å². The van der Waals surface area contributed by atoms with E-state index in [2.05, 4.69) is 0 Å². The van der Waals surface area contributed by atoms with E-state index in [9.17, 15) is 9.59 Å². The highest BCUT2D eigenvalue weighted by molar-refractivity contribution is 6.32. The van der Waals surface area contributed by atoms with Crippen molar-refractivity contribution < 1.29 is 19.2 Å². The van der Waals surface area contributed by atoms with Gasteiger partial charge < -0.3 is 9.64 Å². The molecule has 0 aliphatic carbocycles. The molecule has 2 aliphatic heterocycles. The van der Waals surface area contributed by atoms with Crippen LogP contribution >= 0.6 is 11.6 Å². The Balaban J connectivity index is 1.88. The third kappa shape index (κ3) is 2.57. The summed E-state index contributed by atoms with van der Waals surface area (Å²) in [7, 11) is 0. The number of nitrogens with one attached hydrogen (secondary N) is 1. The van der Waals surface area contributed by atoms with Crippen LogP contribution in [-0.4, -0.2) is 44.2 Å². The highest BCUT2D eigenvalue weighted by Crippen LogP contribution is 2.29. The third-order valence-electron chi connectivity index (χ3n) is 4.25. The largest absolute Gasteiger partial charge is 0.370 e. The number of hydrogen-bond acceptors (Lipinski definition) is 3. The first-order valence-electron chi connectivity index (χ1n) is 7.14. The zero-order valence-electron chi connectivity index (χ0n) is 11.9. The molecule has 0 spiro atoms. The number of carbonyl (C=O) groups is 2. The zero-order valence-corrected chi connectivity index (χ0v) is 12.7. The third-order valence-corrected chi connectivity index (χ3v) is 4.66. The Bertz CT molecular complexity index is 584. The highest BCUT2D eigenvalue weighted by Gasteiger charge is 2.46. The number of benzene rings is 1. The Morgan fingerprint density at radius 3 is 2.71 bits per heavy atom. The Morgan fingerprint density at radius 1 is 1.29 bits per heavy atom. The summed E-state index contributed by atoms with van der Waals surface area (Å²) in [5, 5.41) is 0.565. The molecule has 2 saturated heterocycles. The molecule has 21 heavy (non-hydrogen) atoms. The lowest BCUT2D eigenvalue weighted by atomic mass is 10.2. The minimum absolute atomic E-state index is 0.123. The van der Waals surface area contributed by atoms with E-state index in [1.165, 1.54) is 4.90 Å². The number of rotatable bonds is 2. The molecule has 0 radical (unpaired) electrons. The van der Waals surface area contributed by atoms with Crippen LogP contribution in [-0.2, 0) is 14.3 Å². The number of halogens is 1. The molecule has 3 rings (SSSR count). The summed E-state index contributed by atoms with van der Waals surface area (Å²) in [6.07, 6.45) is 0.264. The summed E-state index contributed by atoms with van der Waals surface area (Å²) in [4.78, 5) is 27.4. The Morgan fingerprint density at radius 2 is 2.00 bits per heavy atom. The number of imide groups is 1. The van der Waals surface area contributed by atoms with Crippen LogP contribution in [0.25, 0.3) is 0 Å². The quantitative estimate of drug-likeness (QED) is 0.794. The Kier molecular flexibility index (Phi) is 3.97. The lowest BCUT2D eigenvalue weighted by Gasteiger charge is -2.27. The van der Waals surface area contributed by atoms with Crippen LogP contribution in [0.5, 0.6) is 0 Å². The van der Waals surface area contributed by atoms with Crippen molar-refractivity contribution in [1.82, 2.24) is 0 Å². The van der Waals surface area contributed by atoms with Crippen LogP contribution in [0.3, 0.4) is 0 Å². The van der Waals surface area contributed by atoms with Gasteiger partial charge >= 0.3 is 0 Å². The fourth-order valence-corrected chi connectivity index (χ4v) is 3.19. The molecule has 2 heterocycles. The number of hydrogen-bond donors (Lipinski definition) is 1. The standard InChI is InChI=1S/C15H17ClN2O3/c1-10-11(16)3-2-4-12(10)18-14(19)9-13(15(18)20)17-5-7-21-8-6-17/h2-4,13H,5-9H2,1H3/p+1/t13-/m1/s1. The minimum Gasteiger partial charge on any atom is -0.370 e. The molecule has 5 nitrogen and oxygen atoms in total. The molecule has 112 valence electrons. The highest BCUT2D eigenvalue weighted by atomic mass is 35.5. The second-order valence-electron chi connectivity index (χ2n) is 5.48. The number of quaternary nitrogens is 1. The SMILES string of the molecule is Cc1c(Cl)cccc1N1C(=O)C[C@@H]([NH+]2CCOCC2)C1=O. The van der Waals surface area contributed by atoms with Crippen molar-refractivity contribution in [3.8, 4) is 0 Å². The lowest BCUT2D eigenvalue weighted by Crippen LogP contribution is -3.18. The number of nitrogens with zero attached hydrogens (tertiary/aromatic N) is 1. The maximum atomic E-state index is 12.7. The summed E-state index contributed by atoms with van der Waals surface area (Å²) in [5.41, 5.74) is 1.37. The van der Waals surface area contributed by atoms with Gasteiger partial charge in [-0.05, 0) is 24.6 Å². The van der Waals surface area contributed by atoms with Gasteiger partial charge in [-0.2, -0.15) is 0 Å². The number of anilines is 1. The number of morpholine rings is 1. The molecule has 0 unspecified atom stereocenters. The van der Waals surface area contributed by atoms with Gasteiger partial charge in [-0.1, -0.05) is 17.7 Å². The van der Waals surface area contributed by atoms with Crippen LogP contribution in [0, 0.1) is 6.92 Å². The van der Waals surface area contributed by atoms with E-state index < -0.39 is 0 Å². The van der Waals surface area contributed by atoms with Gasteiger partial charge in [0.25, 0.3) is 5.91 Å². The van der Waals surface area contributed by atoms with Crippen LogP contribution in [0.4, 0.5) is 5.69 Å². The Labute approximate surface area is 128 Å². The summed E-state index contributed by atoms with van der Waals surface area (Å²) >= 11 is 6.10. The molecule has 0 saturated carbocycles. The molecule has 1 atom stereocenters. The molecule has 0 bridgehead atoms. The summed E-state index contributed by atoms with van der Waals surface area (Å²) < 4.78 is 5.32. The smallest absolute Gasteiger partial charge is 0.292 e. The van der Waals surface area contributed by atoms with Gasteiger partial charge in [0.1, 0.15) is 13.1 Å². The van der Waals surface area contributed by atoms with Crippen molar-refractivity contribution in [3.63, 3.8) is 0 Å². The molecule has 0 aromatic heterocycles. The van der Waals surface area contributed by atoms with Crippen molar-refractivity contribution in [3.05, 3.63) is 28.8 Å². The van der Waals surface area contributed by atoms with Gasteiger partial charge in [-0.15, -0.1) is 0 Å². The van der Waals surface area contributed by atoms with Gasteiger partial charge in [0.2, 0.25) is 5.91 Å². The second kappa shape index (κ2) is 5.75. The maximum Gasteiger partial charge on any atom is 0.292 e. The molecule has 1 aromatic rings. The lowest BCUT2D eigenvalue weighted by molar-refractivity contribution is -0.922. The van der Waals surface area contributed by atoms with Gasteiger partial charge in [0.05, 0.1) is 25.3 Å². The normalized spacial score (nSPS) is 23.9. The van der Waals surface area contributed by atoms with E-state index in [-0.39, 0.29) is 24.3 Å². The van der Waals surface area contributed by atoms with Crippen molar-refractivity contribution in [2.24, 2.45) is 0 Å². The van der Waals surface area contributed by atoms with E-state index in [0.717, 1.165) is 23.6 Å². The average molecular weight is 310 g/mol. The fraction of sp³-hybridized carbons (Fsp3) is 0.467. The molecule has 1 N–H and O–H groups in total. The van der Waals surface area contributed by atoms with Crippen molar-refractivity contribution in [2.45, 2.75) is 19.4 Å². The topological polar surface area (TPSA) is 51.1 Å². The van der Waals surface area contributed by atoms with E-state index in [1.807, 2.05) is 6.92 Å². The summed E-state index contributed by atoms with van der Waals surface area (Å²) in [5.74, 6) is -0.267. The first-order chi connectivity index (χ1) is 10.1. The van der Waals surface area contributed by atoms with Gasteiger partial charge in [0.15, 0.2) is 6.04 Å². The van der Waals surface area contributed by atoms with Crippen LogP contribution in [0.1, 0.15) is 12.0 Å². The first kappa shape index (κ1) is 14.5. The van der Waals surface area contributed by atoms with Gasteiger partial charge in [0, 0.05) is 5.02 Å². The van der Waals surface area contributed by atoms with E-state index in [0.29, 0.717) is 23.9 Å². The maximum absolute atomic E-state index is 12.7.